The summed E-state index contributed by atoms with van der Waals surface area (Å²) in [6.07, 6.45) is 2.84. The summed E-state index contributed by atoms with van der Waals surface area (Å²) in [5.74, 6) is 0.479. The van der Waals surface area contributed by atoms with E-state index in [9.17, 15) is 17.6 Å². The van der Waals surface area contributed by atoms with Crippen LogP contribution < -0.4 is 16.2 Å². The molecule has 10 heteroatoms. The Bertz CT molecular complexity index is 1350. The molecule has 1 aromatic carbocycles. The molecule has 264 valence electrons. The highest BCUT2D eigenvalue weighted by molar-refractivity contribution is 5.89. The zero-order valence-corrected chi connectivity index (χ0v) is 30.1. The molecular formula is C37H57F4N5O. The number of likely N-dealkylation sites (N-methyl/N-ethyl adjacent to an activating group) is 1. The van der Waals surface area contributed by atoms with Gasteiger partial charge in [-0.2, -0.15) is 13.2 Å². The number of aliphatic imine (C=N–C) groups is 1. The first-order valence-electron chi connectivity index (χ1n) is 16.6. The Labute approximate surface area is 280 Å². The molecule has 6 nitrogen and oxygen atoms in total. The minimum atomic E-state index is -4.46. The SMILES string of the molecule is C/C=C(\C=C(/C)c1nc(C(CCF)CN(C)Cc2cc(C=NC3CC3)c(N)c(OC)c2)cc(C(C)CC)c1C)C(F)(F)F.CC.CN. The van der Waals surface area contributed by atoms with E-state index in [1.54, 1.807) is 14.0 Å². The Morgan fingerprint density at radius 3 is 2.34 bits per heavy atom. The summed E-state index contributed by atoms with van der Waals surface area (Å²) in [5.41, 5.74) is 15.9. The van der Waals surface area contributed by atoms with Crippen LogP contribution in [0.5, 0.6) is 5.75 Å². The lowest BCUT2D eigenvalue weighted by atomic mass is 9.88. The zero-order valence-electron chi connectivity index (χ0n) is 30.1. The number of allylic oxidation sites excluding steroid dienone is 4. The number of halogens is 4. The van der Waals surface area contributed by atoms with Crippen molar-refractivity contribution >= 4 is 17.5 Å². The summed E-state index contributed by atoms with van der Waals surface area (Å²) >= 11 is 0. The van der Waals surface area contributed by atoms with Crippen LogP contribution in [0.1, 0.15) is 113 Å². The molecule has 1 fully saturated rings. The number of anilines is 1. The summed E-state index contributed by atoms with van der Waals surface area (Å²) in [5, 5.41) is 0. The predicted octanol–water partition coefficient (Wildman–Crippen LogP) is 9.16. The second kappa shape index (κ2) is 20.2. The molecule has 47 heavy (non-hydrogen) atoms. The molecule has 2 aromatic rings. The van der Waals surface area contributed by atoms with Crippen LogP contribution in [-0.2, 0) is 6.54 Å². The fourth-order valence-electron chi connectivity index (χ4n) is 5.31. The summed E-state index contributed by atoms with van der Waals surface area (Å²) in [7, 11) is 5.04. The van der Waals surface area contributed by atoms with Crippen molar-refractivity contribution in [2.75, 3.05) is 40.2 Å². The first-order chi connectivity index (χ1) is 22.3. The average Bonchev–Trinajstić information content (AvgIpc) is 3.89. The van der Waals surface area contributed by atoms with Gasteiger partial charge in [-0.1, -0.05) is 33.8 Å². The van der Waals surface area contributed by atoms with E-state index in [0.717, 1.165) is 53.7 Å². The molecule has 1 aliphatic carbocycles. The number of nitrogens with zero attached hydrogens (tertiary/aromatic N) is 3. The van der Waals surface area contributed by atoms with Gasteiger partial charge < -0.3 is 21.1 Å². The number of aromatic nitrogens is 1. The van der Waals surface area contributed by atoms with Crippen molar-refractivity contribution in [3.05, 3.63) is 69.6 Å². The highest BCUT2D eigenvalue weighted by Gasteiger charge is 2.32. The van der Waals surface area contributed by atoms with E-state index in [1.807, 2.05) is 52.2 Å². The second-order valence-corrected chi connectivity index (χ2v) is 11.7. The molecule has 1 aromatic heterocycles. The van der Waals surface area contributed by atoms with Crippen molar-refractivity contribution in [1.82, 2.24) is 9.88 Å². The quantitative estimate of drug-likeness (QED) is 0.0911. The van der Waals surface area contributed by atoms with Crippen molar-refractivity contribution in [3.8, 4) is 5.75 Å². The molecular weight excluding hydrogens is 606 g/mol. The van der Waals surface area contributed by atoms with Gasteiger partial charge in [0.2, 0.25) is 0 Å². The van der Waals surface area contributed by atoms with Crippen LogP contribution in [0.15, 0.2) is 40.9 Å². The van der Waals surface area contributed by atoms with Crippen LogP contribution in [0.25, 0.3) is 5.57 Å². The van der Waals surface area contributed by atoms with Gasteiger partial charge in [0.1, 0.15) is 5.75 Å². The van der Waals surface area contributed by atoms with Gasteiger partial charge in [0.05, 0.1) is 36.8 Å². The molecule has 2 atom stereocenters. The van der Waals surface area contributed by atoms with E-state index in [0.29, 0.717) is 47.5 Å². The molecule has 4 N–H and O–H groups in total. The number of rotatable bonds is 14. The molecule has 0 spiro atoms. The maximum absolute atomic E-state index is 13.9. The van der Waals surface area contributed by atoms with E-state index < -0.39 is 18.4 Å². The first-order valence-corrected chi connectivity index (χ1v) is 16.6. The normalized spacial score (nSPS) is 15.1. The third-order valence-corrected chi connectivity index (χ3v) is 8.15. The standard InChI is InChI=1S/C34H46F4N4O.C2H6.CH5N/c1-8-21(3)29-17-30(41-33(23(29)5)22(4)14-27(9-2)34(36,37)38)25(12-13-35)20-42(6)19-24-15-26(18-40-28-10-11-28)32(39)31(16-24)43-7;2*1-2/h9,14-18,21,25,28H,8,10-13,19-20,39H2,1-7H3;1-2H3;2H2,1H3/b22-14+,27-9+,40-18?;;. The minimum Gasteiger partial charge on any atom is -0.495 e. The number of nitrogen functional groups attached to an aromatic ring is 1. The minimum absolute atomic E-state index is 0.166. The van der Waals surface area contributed by atoms with E-state index in [1.165, 1.54) is 14.0 Å². The fraction of sp³-hybridized carbons (Fsp3) is 0.568. The maximum atomic E-state index is 13.9. The summed E-state index contributed by atoms with van der Waals surface area (Å²) in [6, 6.07) is 6.29. The lowest BCUT2D eigenvalue weighted by molar-refractivity contribution is -0.0882. The number of methoxy groups -OCH3 is 1. The van der Waals surface area contributed by atoms with E-state index in [4.69, 9.17) is 15.5 Å². The van der Waals surface area contributed by atoms with Crippen LogP contribution in [0.4, 0.5) is 23.2 Å². The van der Waals surface area contributed by atoms with Crippen molar-refractivity contribution in [2.24, 2.45) is 10.7 Å². The number of hydrogen-bond acceptors (Lipinski definition) is 6. The van der Waals surface area contributed by atoms with Gasteiger partial charge in [-0.15, -0.1) is 0 Å². The summed E-state index contributed by atoms with van der Waals surface area (Å²) < 4.78 is 60.1. The Morgan fingerprint density at radius 2 is 1.83 bits per heavy atom. The molecule has 0 aliphatic heterocycles. The van der Waals surface area contributed by atoms with Crippen LogP contribution in [0.3, 0.4) is 0 Å². The third-order valence-electron chi connectivity index (χ3n) is 8.15. The molecule has 2 unspecified atom stereocenters. The number of nitrogens with two attached hydrogens (primary N) is 2. The van der Waals surface area contributed by atoms with E-state index >= 15 is 0 Å². The Morgan fingerprint density at radius 1 is 1.19 bits per heavy atom. The molecule has 1 heterocycles. The van der Waals surface area contributed by atoms with E-state index in [-0.39, 0.29) is 18.3 Å². The average molecular weight is 664 g/mol. The van der Waals surface area contributed by atoms with Gasteiger partial charge in [-0.3, -0.25) is 14.4 Å². The summed E-state index contributed by atoms with van der Waals surface area (Å²) in [6.45, 7) is 13.6. The summed E-state index contributed by atoms with van der Waals surface area (Å²) in [4.78, 5) is 11.6. The number of hydrogen-bond donors (Lipinski definition) is 2. The number of alkyl halides is 4. The zero-order chi connectivity index (χ0) is 35.9. The van der Waals surface area contributed by atoms with Gasteiger partial charge in [0, 0.05) is 36.5 Å². The number of ether oxygens (including phenoxy) is 1. The van der Waals surface area contributed by atoms with Crippen molar-refractivity contribution in [3.63, 3.8) is 0 Å². The fourth-order valence-corrected chi connectivity index (χ4v) is 5.31. The monoisotopic (exact) mass is 663 g/mol. The van der Waals surface area contributed by atoms with Gasteiger partial charge >= 0.3 is 6.18 Å². The lowest BCUT2D eigenvalue weighted by Gasteiger charge is -2.26. The van der Waals surface area contributed by atoms with Crippen molar-refractivity contribution < 1.29 is 22.3 Å². The molecule has 0 radical (unpaired) electrons. The Kier molecular flexibility index (Phi) is 18.0. The number of benzene rings is 1. The third kappa shape index (κ3) is 12.4. The van der Waals surface area contributed by atoms with Crippen molar-refractivity contribution in [1.29, 1.82) is 0 Å². The van der Waals surface area contributed by atoms with Gasteiger partial charge in [0.25, 0.3) is 0 Å². The lowest BCUT2D eigenvalue weighted by Crippen LogP contribution is -2.26. The molecule has 0 saturated heterocycles. The Balaban J connectivity index is 0.00000265. The van der Waals surface area contributed by atoms with Crippen LogP contribution in [0, 0.1) is 6.92 Å². The highest BCUT2D eigenvalue weighted by Crippen LogP contribution is 2.35. The van der Waals surface area contributed by atoms with Crippen LogP contribution in [-0.4, -0.2) is 62.7 Å². The maximum Gasteiger partial charge on any atom is 0.416 e. The highest BCUT2D eigenvalue weighted by atomic mass is 19.4. The second-order valence-electron chi connectivity index (χ2n) is 11.7. The van der Waals surface area contributed by atoms with Crippen LogP contribution >= 0.6 is 0 Å². The molecule has 1 aliphatic rings. The van der Waals surface area contributed by atoms with Gasteiger partial charge in [-0.05, 0) is 113 Å². The van der Waals surface area contributed by atoms with Gasteiger partial charge in [-0.25, -0.2) is 0 Å². The molecule has 3 rings (SSSR count). The van der Waals surface area contributed by atoms with Crippen LogP contribution in [0.2, 0.25) is 0 Å². The van der Waals surface area contributed by atoms with E-state index in [2.05, 4.69) is 29.5 Å². The number of pyridine rings is 1. The predicted molar refractivity (Wildman–Crippen MR) is 190 cm³/mol. The first kappa shape index (κ1) is 41.8. The molecule has 0 bridgehead atoms. The molecule has 1 saturated carbocycles. The topological polar surface area (TPSA) is 89.8 Å². The smallest absolute Gasteiger partial charge is 0.416 e. The Hall–Kier alpha value is -3.24. The van der Waals surface area contributed by atoms with Crippen molar-refractivity contribution in [2.45, 2.75) is 105 Å². The van der Waals surface area contributed by atoms with Gasteiger partial charge in [0.15, 0.2) is 0 Å². The largest absolute Gasteiger partial charge is 0.495 e. The molecule has 0 amide bonds.